The fourth-order valence-corrected chi connectivity index (χ4v) is 2.03. The first-order valence-electron chi connectivity index (χ1n) is 5.17. The van der Waals surface area contributed by atoms with Crippen LogP contribution in [0.2, 0.25) is 0 Å². The number of aliphatic carboxylic acids is 1. The summed E-state index contributed by atoms with van der Waals surface area (Å²) in [4.78, 5) is 23.9. The molecule has 2 fully saturated rings. The zero-order chi connectivity index (χ0) is 10.1. The van der Waals surface area contributed by atoms with Crippen LogP contribution in [0.15, 0.2) is 0 Å². The van der Waals surface area contributed by atoms with Gasteiger partial charge in [-0.15, -0.1) is 0 Å². The molecule has 0 aromatic rings. The Labute approximate surface area is 82.9 Å². The first kappa shape index (κ1) is 9.49. The maximum Gasteiger partial charge on any atom is 0.303 e. The second-order valence-corrected chi connectivity index (χ2v) is 4.31. The Balaban J connectivity index is 1.81. The summed E-state index contributed by atoms with van der Waals surface area (Å²) in [5, 5.41) is 8.62. The minimum atomic E-state index is -0.754. The van der Waals surface area contributed by atoms with Crippen LogP contribution >= 0.6 is 0 Å². The molecular formula is C10H15NO3. The standard InChI is InChI=1S/C10H15NO3/c12-9(13)5-7-3-4-11(6-7)10(14)8-1-2-8/h7-8H,1-6H2,(H,12,13)/t7-/m0/s1. The molecule has 1 N–H and O–H groups in total. The SMILES string of the molecule is O=C(O)C[C@@H]1CCN(C(=O)C2CC2)C1. The van der Waals surface area contributed by atoms with E-state index in [1.165, 1.54) is 0 Å². The normalized spacial score (nSPS) is 26.6. The Morgan fingerprint density at radius 2 is 2.00 bits per heavy atom. The molecule has 1 aliphatic carbocycles. The predicted molar refractivity (Wildman–Crippen MR) is 49.7 cm³/mol. The van der Waals surface area contributed by atoms with Gasteiger partial charge >= 0.3 is 5.97 Å². The molecule has 0 spiro atoms. The van der Waals surface area contributed by atoms with Crippen molar-refractivity contribution in [2.45, 2.75) is 25.7 Å². The first-order chi connectivity index (χ1) is 6.66. The van der Waals surface area contributed by atoms with Crippen LogP contribution in [0.5, 0.6) is 0 Å². The molecule has 2 aliphatic rings. The lowest BCUT2D eigenvalue weighted by atomic mass is 10.1. The number of carboxylic acids is 1. The third kappa shape index (κ3) is 2.05. The number of carbonyl (C=O) groups excluding carboxylic acids is 1. The number of rotatable bonds is 3. The molecule has 1 saturated heterocycles. The number of amides is 1. The van der Waals surface area contributed by atoms with Crippen molar-refractivity contribution in [3.05, 3.63) is 0 Å². The quantitative estimate of drug-likeness (QED) is 0.725. The topological polar surface area (TPSA) is 57.6 Å². The molecule has 1 aliphatic heterocycles. The van der Waals surface area contributed by atoms with Crippen molar-refractivity contribution < 1.29 is 14.7 Å². The first-order valence-corrected chi connectivity index (χ1v) is 5.17. The highest BCUT2D eigenvalue weighted by Crippen LogP contribution is 2.33. The highest BCUT2D eigenvalue weighted by atomic mass is 16.4. The van der Waals surface area contributed by atoms with Gasteiger partial charge in [-0.3, -0.25) is 9.59 Å². The van der Waals surface area contributed by atoms with E-state index < -0.39 is 5.97 Å². The molecule has 1 saturated carbocycles. The summed E-state index contributed by atoms with van der Waals surface area (Å²) in [5.41, 5.74) is 0. The summed E-state index contributed by atoms with van der Waals surface area (Å²) < 4.78 is 0. The van der Waals surface area contributed by atoms with Gasteiger partial charge in [0.1, 0.15) is 0 Å². The van der Waals surface area contributed by atoms with Crippen molar-refractivity contribution in [1.82, 2.24) is 4.90 Å². The van der Waals surface area contributed by atoms with E-state index in [1.807, 2.05) is 4.90 Å². The van der Waals surface area contributed by atoms with Gasteiger partial charge in [0, 0.05) is 25.4 Å². The van der Waals surface area contributed by atoms with Gasteiger partial charge in [0.15, 0.2) is 0 Å². The second-order valence-electron chi connectivity index (χ2n) is 4.31. The molecule has 4 nitrogen and oxygen atoms in total. The van der Waals surface area contributed by atoms with Crippen molar-refractivity contribution in [2.24, 2.45) is 11.8 Å². The Hall–Kier alpha value is -1.06. The molecule has 0 aromatic heterocycles. The Morgan fingerprint density at radius 1 is 1.29 bits per heavy atom. The molecule has 0 unspecified atom stereocenters. The minimum absolute atomic E-state index is 0.176. The van der Waals surface area contributed by atoms with Gasteiger partial charge in [0.05, 0.1) is 0 Å². The van der Waals surface area contributed by atoms with Gasteiger partial charge in [-0.25, -0.2) is 0 Å². The van der Waals surface area contributed by atoms with Crippen molar-refractivity contribution in [3.8, 4) is 0 Å². The Morgan fingerprint density at radius 3 is 2.57 bits per heavy atom. The van der Waals surface area contributed by atoms with Gasteiger partial charge < -0.3 is 10.0 Å². The van der Waals surface area contributed by atoms with Crippen molar-refractivity contribution in [3.63, 3.8) is 0 Å². The van der Waals surface area contributed by atoms with Gasteiger partial charge in [-0.1, -0.05) is 0 Å². The third-order valence-corrected chi connectivity index (χ3v) is 2.99. The monoisotopic (exact) mass is 197 g/mol. The average Bonchev–Trinajstić information content (AvgIpc) is 2.86. The number of hydrogen-bond acceptors (Lipinski definition) is 2. The number of likely N-dealkylation sites (tertiary alicyclic amines) is 1. The van der Waals surface area contributed by atoms with Crippen LogP contribution in [0, 0.1) is 11.8 Å². The lowest BCUT2D eigenvalue weighted by molar-refractivity contribution is -0.138. The Bertz CT molecular complexity index is 260. The third-order valence-electron chi connectivity index (χ3n) is 2.99. The molecule has 1 heterocycles. The van der Waals surface area contributed by atoms with Crippen LogP contribution in [0.3, 0.4) is 0 Å². The van der Waals surface area contributed by atoms with E-state index >= 15 is 0 Å². The molecule has 4 heteroatoms. The maximum atomic E-state index is 11.6. The average molecular weight is 197 g/mol. The van der Waals surface area contributed by atoms with Gasteiger partial charge in [-0.2, -0.15) is 0 Å². The zero-order valence-corrected chi connectivity index (χ0v) is 8.11. The highest BCUT2D eigenvalue weighted by molar-refractivity contribution is 5.81. The van der Waals surface area contributed by atoms with Crippen molar-refractivity contribution >= 4 is 11.9 Å². The molecule has 0 bridgehead atoms. The molecule has 1 atom stereocenters. The number of carbonyl (C=O) groups is 2. The van der Waals surface area contributed by atoms with E-state index in [1.54, 1.807) is 0 Å². The molecule has 0 radical (unpaired) electrons. The van der Waals surface area contributed by atoms with Gasteiger partial charge in [-0.05, 0) is 25.2 Å². The van der Waals surface area contributed by atoms with Crippen LogP contribution in [0.4, 0.5) is 0 Å². The summed E-state index contributed by atoms with van der Waals surface area (Å²) >= 11 is 0. The van der Waals surface area contributed by atoms with Crippen LogP contribution in [0.1, 0.15) is 25.7 Å². The summed E-state index contributed by atoms with van der Waals surface area (Å²) in [6, 6.07) is 0. The number of hydrogen-bond donors (Lipinski definition) is 1. The van der Waals surface area contributed by atoms with E-state index in [0.29, 0.717) is 6.54 Å². The largest absolute Gasteiger partial charge is 0.481 e. The van der Waals surface area contributed by atoms with E-state index in [2.05, 4.69) is 0 Å². The van der Waals surface area contributed by atoms with E-state index in [9.17, 15) is 9.59 Å². The lowest BCUT2D eigenvalue weighted by Gasteiger charge is -2.15. The summed E-state index contributed by atoms with van der Waals surface area (Å²) in [6.07, 6.45) is 3.11. The maximum absolute atomic E-state index is 11.6. The molecule has 0 aromatic carbocycles. The van der Waals surface area contributed by atoms with Crippen molar-refractivity contribution in [2.75, 3.05) is 13.1 Å². The molecule has 14 heavy (non-hydrogen) atoms. The van der Waals surface area contributed by atoms with Crippen LogP contribution in [-0.2, 0) is 9.59 Å². The molecule has 78 valence electrons. The fraction of sp³-hybridized carbons (Fsp3) is 0.800. The Kier molecular flexibility index (Phi) is 2.44. The van der Waals surface area contributed by atoms with E-state index in [4.69, 9.17) is 5.11 Å². The van der Waals surface area contributed by atoms with E-state index in [0.717, 1.165) is 25.8 Å². The predicted octanol–water partition coefficient (Wildman–Crippen LogP) is 0.720. The van der Waals surface area contributed by atoms with Gasteiger partial charge in [0.25, 0.3) is 0 Å². The van der Waals surface area contributed by atoms with Crippen LogP contribution < -0.4 is 0 Å². The minimum Gasteiger partial charge on any atom is -0.481 e. The van der Waals surface area contributed by atoms with Crippen molar-refractivity contribution in [1.29, 1.82) is 0 Å². The molecular weight excluding hydrogens is 182 g/mol. The van der Waals surface area contributed by atoms with Gasteiger partial charge in [0.2, 0.25) is 5.91 Å². The summed E-state index contributed by atoms with van der Waals surface area (Å²) in [7, 11) is 0. The summed E-state index contributed by atoms with van der Waals surface area (Å²) in [6.45, 7) is 1.41. The number of nitrogens with zero attached hydrogens (tertiary/aromatic N) is 1. The summed E-state index contributed by atoms with van der Waals surface area (Å²) in [5.74, 6) is -0.0672. The molecule has 2 rings (SSSR count). The molecule has 1 amide bonds. The zero-order valence-electron chi connectivity index (χ0n) is 8.11. The van der Waals surface area contributed by atoms with E-state index in [-0.39, 0.29) is 24.2 Å². The number of carboxylic acid groups (broad SMARTS) is 1. The smallest absolute Gasteiger partial charge is 0.303 e. The fourth-order valence-electron chi connectivity index (χ4n) is 2.03. The second kappa shape index (κ2) is 3.59. The van der Waals surface area contributed by atoms with Crippen LogP contribution in [0.25, 0.3) is 0 Å². The lowest BCUT2D eigenvalue weighted by Crippen LogP contribution is -2.30. The van der Waals surface area contributed by atoms with Crippen LogP contribution in [-0.4, -0.2) is 35.0 Å². The highest BCUT2D eigenvalue weighted by Gasteiger charge is 2.36.